The first-order valence-corrected chi connectivity index (χ1v) is 7.75. The minimum atomic E-state index is -0.403. The van der Waals surface area contributed by atoms with Crippen LogP contribution in [0.15, 0.2) is 12.7 Å². The molecule has 4 nitrogen and oxygen atoms in total. The van der Waals surface area contributed by atoms with E-state index in [9.17, 15) is 9.59 Å². The fourth-order valence-electron chi connectivity index (χ4n) is 1.93. The number of hydrogen-bond acceptors (Lipinski definition) is 4. The summed E-state index contributed by atoms with van der Waals surface area (Å²) in [6, 6.07) is -0.311. The van der Waals surface area contributed by atoms with Gasteiger partial charge in [-0.05, 0) is 25.2 Å². The van der Waals surface area contributed by atoms with Gasteiger partial charge in [-0.1, -0.05) is 38.3 Å². The Morgan fingerprint density at radius 1 is 1.53 bits per heavy atom. The minimum Gasteiger partial charge on any atom is -0.445 e. The van der Waals surface area contributed by atoms with Gasteiger partial charge in [0.15, 0.2) is 0 Å². The van der Waals surface area contributed by atoms with Crippen LogP contribution in [0.3, 0.4) is 0 Å². The molecule has 0 aliphatic carbocycles. The van der Waals surface area contributed by atoms with Crippen LogP contribution in [-0.4, -0.2) is 41.1 Å². The molecule has 0 aromatic rings. The number of carbonyl (C=O) groups excluding carboxylic acids is 2. The van der Waals surface area contributed by atoms with Gasteiger partial charge < -0.3 is 4.74 Å². The van der Waals surface area contributed by atoms with Gasteiger partial charge in [0, 0.05) is 12.3 Å². The predicted octanol–water partition coefficient (Wildman–Crippen LogP) is 3.08. The summed E-state index contributed by atoms with van der Waals surface area (Å²) in [5, 5.41) is 0.0914. The number of ether oxygens (including phenoxy) is 1. The van der Waals surface area contributed by atoms with Crippen LogP contribution in [-0.2, 0) is 9.53 Å². The quantitative estimate of drug-likeness (QED) is 0.704. The first kappa shape index (κ1) is 16.1. The van der Waals surface area contributed by atoms with Crippen molar-refractivity contribution in [3.63, 3.8) is 0 Å². The molecule has 0 saturated carbocycles. The van der Waals surface area contributed by atoms with Gasteiger partial charge in [-0.2, -0.15) is 0 Å². The van der Waals surface area contributed by atoms with Crippen molar-refractivity contribution in [3.8, 4) is 0 Å². The summed E-state index contributed by atoms with van der Waals surface area (Å²) in [5.74, 6) is 1.42. The second kappa shape index (κ2) is 8.25. The Balaban J connectivity index is 2.43. The maximum atomic E-state index is 12.1. The average molecular weight is 285 g/mol. The molecule has 108 valence electrons. The van der Waals surface area contributed by atoms with E-state index < -0.39 is 6.09 Å². The van der Waals surface area contributed by atoms with Gasteiger partial charge >= 0.3 is 6.09 Å². The maximum Gasteiger partial charge on any atom is 0.410 e. The molecule has 1 saturated heterocycles. The smallest absolute Gasteiger partial charge is 0.410 e. The zero-order valence-electron chi connectivity index (χ0n) is 11.8. The molecule has 19 heavy (non-hydrogen) atoms. The van der Waals surface area contributed by atoms with Crippen molar-refractivity contribution in [1.82, 2.24) is 4.90 Å². The lowest BCUT2D eigenvalue weighted by molar-refractivity contribution is -0.114. The zero-order chi connectivity index (χ0) is 14.3. The van der Waals surface area contributed by atoms with Gasteiger partial charge in [-0.15, -0.1) is 0 Å². The highest BCUT2D eigenvalue weighted by molar-refractivity contribution is 8.13. The number of amides is 1. The molecular formula is C14H23NO3S. The highest BCUT2D eigenvalue weighted by atomic mass is 32.2. The maximum absolute atomic E-state index is 12.1. The summed E-state index contributed by atoms with van der Waals surface area (Å²) < 4.78 is 5.01. The summed E-state index contributed by atoms with van der Waals surface area (Å²) in [4.78, 5) is 25.5. The zero-order valence-corrected chi connectivity index (χ0v) is 12.6. The van der Waals surface area contributed by atoms with Crippen LogP contribution < -0.4 is 0 Å². The molecule has 1 amide bonds. The van der Waals surface area contributed by atoms with E-state index in [1.807, 2.05) is 0 Å². The van der Waals surface area contributed by atoms with E-state index in [0.717, 1.165) is 25.0 Å². The first-order chi connectivity index (χ1) is 9.06. The molecule has 1 unspecified atom stereocenters. The van der Waals surface area contributed by atoms with E-state index in [-0.39, 0.29) is 17.8 Å². The Labute approximate surface area is 119 Å². The van der Waals surface area contributed by atoms with Crippen molar-refractivity contribution >= 4 is 23.0 Å². The molecule has 1 aliphatic rings. The Kier molecular flexibility index (Phi) is 6.99. The molecule has 1 heterocycles. The van der Waals surface area contributed by atoms with E-state index >= 15 is 0 Å². The summed E-state index contributed by atoms with van der Waals surface area (Å²) >= 11 is 1.34. The van der Waals surface area contributed by atoms with Crippen molar-refractivity contribution in [2.45, 2.75) is 39.2 Å². The summed E-state index contributed by atoms with van der Waals surface area (Å²) in [5.41, 5.74) is 0. The van der Waals surface area contributed by atoms with Crippen LogP contribution in [0.1, 0.15) is 33.1 Å². The molecule has 1 aliphatic heterocycles. The van der Waals surface area contributed by atoms with E-state index in [0.29, 0.717) is 12.5 Å². The van der Waals surface area contributed by atoms with Crippen LogP contribution in [0.4, 0.5) is 4.79 Å². The molecule has 1 fully saturated rings. The Bertz CT molecular complexity index is 331. The molecule has 0 aromatic heterocycles. The van der Waals surface area contributed by atoms with Crippen LogP contribution in [0.2, 0.25) is 0 Å². The molecule has 0 bridgehead atoms. The number of thioether (sulfide) groups is 1. The number of hydrogen-bond donors (Lipinski definition) is 0. The highest BCUT2D eigenvalue weighted by Crippen LogP contribution is 2.24. The van der Waals surface area contributed by atoms with Crippen LogP contribution in [0.25, 0.3) is 0 Å². The monoisotopic (exact) mass is 285 g/mol. The van der Waals surface area contributed by atoms with E-state index in [1.54, 1.807) is 4.90 Å². The van der Waals surface area contributed by atoms with Gasteiger partial charge in [0.25, 0.3) is 0 Å². The summed E-state index contributed by atoms with van der Waals surface area (Å²) in [6.07, 6.45) is 3.76. The van der Waals surface area contributed by atoms with Crippen molar-refractivity contribution < 1.29 is 14.3 Å². The van der Waals surface area contributed by atoms with Crippen LogP contribution in [0.5, 0.6) is 0 Å². The van der Waals surface area contributed by atoms with Gasteiger partial charge in [-0.3, -0.25) is 9.69 Å². The van der Waals surface area contributed by atoms with Crippen molar-refractivity contribution in [2.75, 3.05) is 18.9 Å². The number of carbonyl (C=O) groups is 2. The summed E-state index contributed by atoms with van der Waals surface area (Å²) in [7, 11) is 0. The van der Waals surface area contributed by atoms with Crippen LogP contribution >= 0.6 is 11.8 Å². The first-order valence-electron chi connectivity index (χ1n) is 6.77. The molecule has 0 spiro atoms. The van der Waals surface area contributed by atoms with Crippen molar-refractivity contribution in [3.05, 3.63) is 12.7 Å². The fourth-order valence-corrected chi connectivity index (χ4v) is 3.16. The van der Waals surface area contributed by atoms with Crippen molar-refractivity contribution in [1.29, 1.82) is 0 Å². The Morgan fingerprint density at radius 2 is 2.26 bits per heavy atom. The SMILES string of the molecule is C=CCOC(=O)N1CCCC1C(=O)SCCC(C)C. The fraction of sp³-hybridized carbons (Fsp3) is 0.714. The number of likely N-dealkylation sites (tertiary alicyclic amines) is 1. The molecule has 0 aromatic carbocycles. The third-order valence-electron chi connectivity index (χ3n) is 3.02. The molecule has 0 radical (unpaired) electrons. The topological polar surface area (TPSA) is 46.6 Å². The second-order valence-electron chi connectivity index (χ2n) is 5.07. The van der Waals surface area contributed by atoms with Gasteiger partial charge in [0.1, 0.15) is 12.6 Å². The molecular weight excluding hydrogens is 262 g/mol. The third-order valence-corrected chi connectivity index (χ3v) is 4.02. The third kappa shape index (κ3) is 5.27. The number of rotatable bonds is 6. The largest absolute Gasteiger partial charge is 0.445 e. The van der Waals surface area contributed by atoms with E-state index in [4.69, 9.17) is 4.74 Å². The van der Waals surface area contributed by atoms with Gasteiger partial charge in [0.05, 0.1) is 0 Å². The van der Waals surface area contributed by atoms with Crippen molar-refractivity contribution in [2.24, 2.45) is 5.92 Å². The standard InChI is InChI=1S/C14H23NO3S/c1-4-9-18-14(17)15-8-5-6-12(15)13(16)19-10-7-11(2)3/h4,11-12H,1,5-10H2,2-3H3. The lowest BCUT2D eigenvalue weighted by Crippen LogP contribution is -2.40. The Hall–Kier alpha value is -0.970. The Morgan fingerprint density at radius 3 is 2.89 bits per heavy atom. The lowest BCUT2D eigenvalue weighted by Gasteiger charge is -2.22. The van der Waals surface area contributed by atoms with Crippen LogP contribution in [0, 0.1) is 5.92 Å². The van der Waals surface area contributed by atoms with E-state index in [1.165, 1.54) is 17.8 Å². The molecule has 1 rings (SSSR count). The predicted molar refractivity (Wildman–Crippen MR) is 78.2 cm³/mol. The van der Waals surface area contributed by atoms with Gasteiger partial charge in [-0.25, -0.2) is 4.79 Å². The van der Waals surface area contributed by atoms with Gasteiger partial charge in [0.2, 0.25) is 5.12 Å². The average Bonchev–Trinajstić information content (AvgIpc) is 2.84. The summed E-state index contributed by atoms with van der Waals surface area (Å²) in [6.45, 7) is 8.58. The number of nitrogens with zero attached hydrogens (tertiary/aromatic N) is 1. The lowest BCUT2D eigenvalue weighted by atomic mass is 10.2. The second-order valence-corrected chi connectivity index (χ2v) is 6.17. The molecule has 5 heteroatoms. The highest BCUT2D eigenvalue weighted by Gasteiger charge is 2.34. The normalized spacial score (nSPS) is 18.7. The molecule has 1 atom stereocenters. The minimum absolute atomic E-state index is 0.0914. The molecule has 0 N–H and O–H groups in total. The van der Waals surface area contributed by atoms with E-state index in [2.05, 4.69) is 20.4 Å².